The van der Waals surface area contributed by atoms with E-state index in [0.29, 0.717) is 19.0 Å². The van der Waals surface area contributed by atoms with Gasteiger partial charge in [0.25, 0.3) is 0 Å². The number of amides is 2. The van der Waals surface area contributed by atoms with Gasteiger partial charge in [0.2, 0.25) is 0 Å². The summed E-state index contributed by atoms with van der Waals surface area (Å²) in [6.07, 6.45) is 0.930. The molecule has 1 saturated heterocycles. The summed E-state index contributed by atoms with van der Waals surface area (Å²) in [5.41, 5.74) is 1.21. The average molecular weight is 372 g/mol. The first-order chi connectivity index (χ1) is 13.1. The highest BCUT2D eigenvalue weighted by Gasteiger charge is 2.28. The molecule has 2 aromatic rings. The van der Waals surface area contributed by atoms with E-state index in [1.165, 1.54) is 11.6 Å². The molecule has 1 aliphatic heterocycles. The summed E-state index contributed by atoms with van der Waals surface area (Å²) in [7, 11) is 1.65. The van der Waals surface area contributed by atoms with Gasteiger partial charge < -0.3 is 19.7 Å². The van der Waals surface area contributed by atoms with Crippen LogP contribution in [-0.2, 0) is 0 Å². The Hall–Kier alpha value is -2.76. The summed E-state index contributed by atoms with van der Waals surface area (Å²) in [5, 5.41) is 2.92. The number of ether oxygens (including phenoxy) is 2. The monoisotopic (exact) mass is 372 g/mol. The number of halogens is 1. The molecule has 3 rings (SSSR count). The van der Waals surface area contributed by atoms with Crippen LogP contribution < -0.4 is 14.8 Å². The second-order valence-electron chi connectivity index (χ2n) is 6.80. The molecule has 0 spiro atoms. The quantitative estimate of drug-likeness (QED) is 0.839. The average Bonchev–Trinajstić information content (AvgIpc) is 3.18. The fraction of sp³-hybridized carbons (Fsp3) is 0.381. The third kappa shape index (κ3) is 4.90. The van der Waals surface area contributed by atoms with Crippen molar-refractivity contribution in [3.05, 3.63) is 59.9 Å². The van der Waals surface area contributed by atoms with E-state index in [9.17, 15) is 9.18 Å². The van der Waals surface area contributed by atoms with Crippen LogP contribution in [0.4, 0.5) is 9.18 Å². The molecule has 1 fully saturated rings. The first-order valence-electron chi connectivity index (χ1n) is 9.13. The number of nitrogens with zero attached hydrogens (tertiary/aromatic N) is 1. The molecular weight excluding hydrogens is 347 g/mol. The zero-order chi connectivity index (χ0) is 19.2. The molecule has 2 atom stereocenters. The SMILES string of the molecule is COc1ccc(C2CCN(C(=O)NC(C)COc3ccccc3F)C2)cc1. The van der Waals surface area contributed by atoms with Crippen molar-refractivity contribution < 1.29 is 18.7 Å². The highest BCUT2D eigenvalue weighted by Crippen LogP contribution is 2.28. The van der Waals surface area contributed by atoms with Crippen molar-refractivity contribution in [2.45, 2.75) is 25.3 Å². The summed E-state index contributed by atoms with van der Waals surface area (Å²) >= 11 is 0. The van der Waals surface area contributed by atoms with E-state index in [2.05, 4.69) is 17.4 Å². The molecule has 1 N–H and O–H groups in total. The Kier molecular flexibility index (Phi) is 6.16. The van der Waals surface area contributed by atoms with Crippen molar-refractivity contribution in [2.24, 2.45) is 0 Å². The number of urea groups is 1. The molecule has 1 heterocycles. The van der Waals surface area contributed by atoms with Crippen LogP contribution in [0.5, 0.6) is 11.5 Å². The van der Waals surface area contributed by atoms with Gasteiger partial charge in [-0.1, -0.05) is 24.3 Å². The van der Waals surface area contributed by atoms with Crippen molar-refractivity contribution >= 4 is 6.03 Å². The van der Waals surface area contributed by atoms with Crippen LogP contribution in [0.2, 0.25) is 0 Å². The zero-order valence-electron chi connectivity index (χ0n) is 15.7. The topological polar surface area (TPSA) is 50.8 Å². The number of hydrogen-bond donors (Lipinski definition) is 1. The van der Waals surface area contributed by atoms with Gasteiger partial charge in [-0.3, -0.25) is 0 Å². The van der Waals surface area contributed by atoms with Gasteiger partial charge in [0.1, 0.15) is 12.4 Å². The van der Waals surface area contributed by atoms with Crippen molar-refractivity contribution in [1.82, 2.24) is 10.2 Å². The van der Waals surface area contributed by atoms with Crippen LogP contribution >= 0.6 is 0 Å². The first-order valence-corrected chi connectivity index (χ1v) is 9.13. The van der Waals surface area contributed by atoms with Gasteiger partial charge in [-0.2, -0.15) is 0 Å². The Bertz CT molecular complexity index is 766. The fourth-order valence-electron chi connectivity index (χ4n) is 3.21. The minimum atomic E-state index is -0.405. The fourth-order valence-corrected chi connectivity index (χ4v) is 3.21. The van der Waals surface area contributed by atoms with Crippen LogP contribution in [0.15, 0.2) is 48.5 Å². The molecule has 0 aromatic heterocycles. The summed E-state index contributed by atoms with van der Waals surface area (Å²) in [4.78, 5) is 14.3. The standard InChI is InChI=1S/C21H25FN2O3/c1-15(14-27-20-6-4-3-5-19(20)22)23-21(25)24-12-11-17(13-24)16-7-9-18(26-2)10-8-16/h3-10,15,17H,11-14H2,1-2H3,(H,23,25). The molecule has 2 unspecified atom stereocenters. The number of nitrogens with one attached hydrogen (secondary N) is 1. The third-order valence-corrected chi connectivity index (χ3v) is 4.76. The smallest absolute Gasteiger partial charge is 0.317 e. The number of hydrogen-bond acceptors (Lipinski definition) is 3. The van der Waals surface area contributed by atoms with Gasteiger partial charge in [-0.05, 0) is 43.2 Å². The molecule has 1 aliphatic rings. The first kappa shape index (κ1) is 19.0. The van der Waals surface area contributed by atoms with E-state index in [-0.39, 0.29) is 24.4 Å². The Balaban J connectivity index is 1.47. The highest BCUT2D eigenvalue weighted by atomic mass is 19.1. The molecule has 0 aliphatic carbocycles. The van der Waals surface area contributed by atoms with Crippen LogP contribution in [-0.4, -0.2) is 43.8 Å². The van der Waals surface area contributed by atoms with Gasteiger partial charge in [-0.15, -0.1) is 0 Å². The molecular formula is C21H25FN2O3. The predicted molar refractivity (Wildman–Crippen MR) is 102 cm³/mol. The zero-order valence-corrected chi connectivity index (χ0v) is 15.7. The third-order valence-electron chi connectivity index (χ3n) is 4.76. The Morgan fingerprint density at radius 1 is 1.26 bits per heavy atom. The Labute approximate surface area is 159 Å². The lowest BCUT2D eigenvalue weighted by atomic mass is 9.98. The maximum atomic E-state index is 13.6. The molecule has 144 valence electrons. The highest BCUT2D eigenvalue weighted by molar-refractivity contribution is 5.75. The van der Waals surface area contributed by atoms with Gasteiger partial charge in [0, 0.05) is 19.0 Å². The van der Waals surface area contributed by atoms with Crippen LogP contribution in [0, 0.1) is 5.82 Å². The van der Waals surface area contributed by atoms with Gasteiger partial charge >= 0.3 is 6.03 Å². The molecule has 6 heteroatoms. The molecule has 0 radical (unpaired) electrons. The molecule has 2 aromatic carbocycles. The lowest BCUT2D eigenvalue weighted by Crippen LogP contribution is -2.44. The van der Waals surface area contributed by atoms with E-state index >= 15 is 0 Å². The maximum absolute atomic E-state index is 13.6. The van der Waals surface area contributed by atoms with Gasteiger partial charge in [-0.25, -0.2) is 9.18 Å². The van der Waals surface area contributed by atoms with E-state index in [4.69, 9.17) is 9.47 Å². The number of likely N-dealkylation sites (tertiary alicyclic amines) is 1. The number of benzene rings is 2. The second-order valence-corrected chi connectivity index (χ2v) is 6.80. The summed E-state index contributed by atoms with van der Waals surface area (Å²) in [6.45, 7) is 3.45. The molecule has 0 bridgehead atoms. The van der Waals surface area contributed by atoms with E-state index < -0.39 is 5.82 Å². The number of carbonyl (C=O) groups is 1. The number of methoxy groups -OCH3 is 1. The van der Waals surface area contributed by atoms with Crippen molar-refractivity contribution in [3.63, 3.8) is 0 Å². The largest absolute Gasteiger partial charge is 0.497 e. The number of rotatable bonds is 6. The van der Waals surface area contributed by atoms with Crippen molar-refractivity contribution in [2.75, 3.05) is 26.8 Å². The van der Waals surface area contributed by atoms with Crippen molar-refractivity contribution in [1.29, 1.82) is 0 Å². The Morgan fingerprint density at radius 2 is 2.00 bits per heavy atom. The van der Waals surface area contributed by atoms with E-state index in [0.717, 1.165) is 12.2 Å². The van der Waals surface area contributed by atoms with Crippen LogP contribution in [0.3, 0.4) is 0 Å². The minimum Gasteiger partial charge on any atom is -0.497 e. The molecule has 27 heavy (non-hydrogen) atoms. The van der Waals surface area contributed by atoms with E-state index in [1.807, 2.05) is 24.0 Å². The summed E-state index contributed by atoms with van der Waals surface area (Å²) in [6, 6.07) is 13.9. The molecule has 0 saturated carbocycles. The van der Waals surface area contributed by atoms with Gasteiger partial charge in [0.15, 0.2) is 11.6 Å². The van der Waals surface area contributed by atoms with E-state index in [1.54, 1.807) is 25.3 Å². The molecule has 2 amide bonds. The van der Waals surface area contributed by atoms with Gasteiger partial charge in [0.05, 0.1) is 13.2 Å². The van der Waals surface area contributed by atoms with Crippen LogP contribution in [0.1, 0.15) is 24.8 Å². The Morgan fingerprint density at radius 3 is 2.70 bits per heavy atom. The second kappa shape index (κ2) is 8.75. The van der Waals surface area contributed by atoms with Crippen LogP contribution in [0.25, 0.3) is 0 Å². The molecule has 5 nitrogen and oxygen atoms in total. The lowest BCUT2D eigenvalue weighted by Gasteiger charge is -2.21. The number of carbonyl (C=O) groups excluding carboxylic acids is 1. The predicted octanol–water partition coefficient (Wildman–Crippen LogP) is 3.80. The normalized spacial score (nSPS) is 17.4. The number of para-hydroxylation sites is 1. The van der Waals surface area contributed by atoms with Crippen molar-refractivity contribution in [3.8, 4) is 11.5 Å². The summed E-state index contributed by atoms with van der Waals surface area (Å²) < 4.78 is 24.2. The lowest BCUT2D eigenvalue weighted by molar-refractivity contribution is 0.195. The minimum absolute atomic E-state index is 0.115. The maximum Gasteiger partial charge on any atom is 0.317 e. The summed E-state index contributed by atoms with van der Waals surface area (Å²) in [5.74, 6) is 0.943.